The molecule has 0 amide bonds. The van der Waals surface area contributed by atoms with Gasteiger partial charge in [0.2, 0.25) is 5.88 Å². The Kier molecular flexibility index (Phi) is 6.88. The molecule has 35 heavy (non-hydrogen) atoms. The van der Waals surface area contributed by atoms with Crippen LogP contribution in [0.5, 0.6) is 5.88 Å². The quantitative estimate of drug-likeness (QED) is 0.577. The van der Waals surface area contributed by atoms with Gasteiger partial charge in [0, 0.05) is 42.4 Å². The van der Waals surface area contributed by atoms with E-state index in [-0.39, 0.29) is 5.88 Å². The molecule has 0 radical (unpaired) electrons. The normalized spacial score (nSPS) is 20.6. The smallest absolute Gasteiger partial charge is 0.250 e. The van der Waals surface area contributed by atoms with Crippen molar-refractivity contribution < 1.29 is 13.9 Å². The monoisotopic (exact) mass is 482 g/mol. The average molecular weight is 483 g/mol. The zero-order valence-corrected chi connectivity index (χ0v) is 21.1. The molecule has 1 fully saturated rings. The number of halogens is 1. The predicted molar refractivity (Wildman–Crippen MR) is 131 cm³/mol. The van der Waals surface area contributed by atoms with Gasteiger partial charge in [0.25, 0.3) is 0 Å². The molecule has 2 aliphatic rings. The molecule has 0 unspecified atom stereocenters. The Labute approximate surface area is 205 Å². The maximum absolute atomic E-state index is 14.5. The van der Waals surface area contributed by atoms with Gasteiger partial charge in [-0.1, -0.05) is 13.8 Å². The number of aromatic nitrogens is 5. The van der Waals surface area contributed by atoms with Gasteiger partial charge >= 0.3 is 0 Å². The lowest BCUT2D eigenvalue weighted by Crippen LogP contribution is -2.42. The number of ether oxygens (including phenoxy) is 2. The van der Waals surface area contributed by atoms with Crippen LogP contribution in [-0.2, 0) is 24.1 Å². The van der Waals surface area contributed by atoms with Gasteiger partial charge in [-0.3, -0.25) is 4.68 Å². The Morgan fingerprint density at radius 2 is 2.09 bits per heavy atom. The van der Waals surface area contributed by atoms with Crippen LogP contribution in [0.25, 0.3) is 16.9 Å². The number of fused-ring (bicyclic) bond motifs is 1. The van der Waals surface area contributed by atoms with Gasteiger partial charge in [0.1, 0.15) is 0 Å². The van der Waals surface area contributed by atoms with E-state index in [0.717, 1.165) is 54.1 Å². The van der Waals surface area contributed by atoms with E-state index in [4.69, 9.17) is 19.7 Å². The molecule has 2 atom stereocenters. The highest BCUT2D eigenvalue weighted by molar-refractivity contribution is 5.67. The number of nitrogens with one attached hydrogen (secondary N) is 1. The van der Waals surface area contributed by atoms with Crippen molar-refractivity contribution in [1.29, 1.82) is 0 Å². The van der Waals surface area contributed by atoms with Crippen LogP contribution < -0.4 is 10.1 Å². The van der Waals surface area contributed by atoms with E-state index >= 15 is 0 Å². The van der Waals surface area contributed by atoms with Crippen molar-refractivity contribution in [3.8, 4) is 22.8 Å². The molecule has 0 aromatic carbocycles. The number of aryl methyl sites for hydroxylation is 1. The highest BCUT2D eigenvalue weighted by Gasteiger charge is 2.27. The molecule has 5 rings (SSSR count). The highest BCUT2D eigenvalue weighted by atomic mass is 19.1. The topological polar surface area (TPSA) is 79.0 Å². The Morgan fingerprint density at radius 1 is 1.26 bits per heavy atom. The summed E-state index contributed by atoms with van der Waals surface area (Å²) in [5, 5.41) is 13.5. The molecule has 5 heterocycles. The van der Waals surface area contributed by atoms with Gasteiger partial charge in [-0.25, -0.2) is 14.1 Å². The zero-order chi connectivity index (χ0) is 24.5. The van der Waals surface area contributed by atoms with Crippen LogP contribution in [0.4, 0.5) is 4.39 Å². The maximum atomic E-state index is 14.5. The molecule has 0 spiro atoms. The van der Waals surface area contributed by atoms with Crippen LogP contribution in [0.2, 0.25) is 0 Å². The van der Waals surface area contributed by atoms with Gasteiger partial charge in [-0.2, -0.15) is 10.2 Å². The van der Waals surface area contributed by atoms with E-state index in [1.54, 1.807) is 6.20 Å². The van der Waals surface area contributed by atoms with E-state index < -0.39 is 5.82 Å². The van der Waals surface area contributed by atoms with Gasteiger partial charge in [-0.15, -0.1) is 0 Å². The Hall–Kier alpha value is -2.78. The number of hydrogen-bond acceptors (Lipinski definition) is 6. The van der Waals surface area contributed by atoms with E-state index in [1.807, 2.05) is 11.6 Å². The first kappa shape index (κ1) is 23.9. The van der Waals surface area contributed by atoms with Crippen LogP contribution in [-0.4, -0.2) is 57.5 Å². The van der Waals surface area contributed by atoms with Gasteiger partial charge in [0.15, 0.2) is 5.82 Å². The van der Waals surface area contributed by atoms with Crippen LogP contribution in [0, 0.1) is 24.6 Å². The van der Waals surface area contributed by atoms with Crippen molar-refractivity contribution in [2.45, 2.75) is 59.0 Å². The van der Waals surface area contributed by atoms with Crippen LogP contribution >= 0.6 is 0 Å². The molecule has 2 aliphatic heterocycles. The SMILES string of the molecule is COc1ncc(-n2nc(-c3cn(C[C@H]4CCN[C@@H](C(C)C)C4)nc3C)c3c2CCOCC3)cc1F. The summed E-state index contributed by atoms with van der Waals surface area (Å²) >= 11 is 0. The molecular weight excluding hydrogens is 447 g/mol. The van der Waals surface area contributed by atoms with Crippen LogP contribution in [0.15, 0.2) is 18.5 Å². The number of nitrogens with zero attached hydrogens (tertiary/aromatic N) is 5. The number of methoxy groups -OCH3 is 1. The van der Waals surface area contributed by atoms with E-state index in [2.05, 4.69) is 35.0 Å². The second-order valence-corrected chi connectivity index (χ2v) is 10.0. The minimum absolute atomic E-state index is 0.0229. The maximum Gasteiger partial charge on any atom is 0.250 e. The zero-order valence-electron chi connectivity index (χ0n) is 21.1. The van der Waals surface area contributed by atoms with E-state index in [0.29, 0.717) is 43.2 Å². The molecule has 1 saturated heterocycles. The lowest BCUT2D eigenvalue weighted by Gasteiger charge is -2.32. The van der Waals surface area contributed by atoms with Crippen molar-refractivity contribution in [3.63, 3.8) is 0 Å². The van der Waals surface area contributed by atoms with Crippen molar-refractivity contribution in [1.82, 2.24) is 29.9 Å². The molecule has 1 N–H and O–H groups in total. The first-order valence-corrected chi connectivity index (χ1v) is 12.6. The molecule has 0 aliphatic carbocycles. The van der Waals surface area contributed by atoms with E-state index in [1.165, 1.54) is 19.6 Å². The second kappa shape index (κ2) is 10.1. The van der Waals surface area contributed by atoms with E-state index in [9.17, 15) is 4.39 Å². The first-order chi connectivity index (χ1) is 16.9. The summed E-state index contributed by atoms with van der Waals surface area (Å²) in [6.07, 6.45) is 7.52. The third-order valence-electron chi connectivity index (χ3n) is 7.30. The summed E-state index contributed by atoms with van der Waals surface area (Å²) < 4.78 is 29.1. The second-order valence-electron chi connectivity index (χ2n) is 10.0. The predicted octanol–water partition coefficient (Wildman–Crippen LogP) is 3.73. The number of pyridine rings is 1. The highest BCUT2D eigenvalue weighted by Crippen LogP contribution is 2.32. The summed E-state index contributed by atoms with van der Waals surface area (Å²) in [5.74, 6) is 0.704. The summed E-state index contributed by atoms with van der Waals surface area (Å²) in [5.41, 5.74) is 5.63. The van der Waals surface area contributed by atoms with Gasteiger partial charge in [-0.05, 0) is 44.6 Å². The standard InChI is InChI=1S/C26H35FN6O2/c1-16(2)23-11-18(5-8-28-23)14-32-15-21(17(3)30-32)25-20-6-9-35-10-7-24(20)33(31-25)19-12-22(27)26(34-4)29-13-19/h12-13,15-16,18,23,28H,5-11,14H2,1-4H3/t18-,23+/m0/s1. The van der Waals surface area contributed by atoms with Crippen molar-refractivity contribution >= 4 is 0 Å². The third-order valence-corrected chi connectivity index (χ3v) is 7.30. The lowest BCUT2D eigenvalue weighted by molar-refractivity contribution is 0.145. The number of hydrogen-bond donors (Lipinski definition) is 1. The molecule has 0 saturated carbocycles. The van der Waals surface area contributed by atoms with Crippen molar-refractivity contribution in [2.24, 2.45) is 11.8 Å². The van der Waals surface area contributed by atoms with Crippen LogP contribution in [0.1, 0.15) is 43.6 Å². The van der Waals surface area contributed by atoms with Gasteiger partial charge in [0.05, 0.1) is 49.3 Å². The third kappa shape index (κ3) is 4.84. The Bertz CT molecular complexity index is 1190. The fourth-order valence-corrected chi connectivity index (χ4v) is 5.38. The van der Waals surface area contributed by atoms with Gasteiger partial charge < -0.3 is 14.8 Å². The molecule has 3 aromatic rings. The fraction of sp³-hybridized carbons (Fsp3) is 0.577. The fourth-order valence-electron chi connectivity index (χ4n) is 5.38. The number of rotatable bonds is 6. The minimum Gasteiger partial charge on any atom is -0.479 e. The molecule has 9 heteroatoms. The Morgan fingerprint density at radius 3 is 2.86 bits per heavy atom. The summed E-state index contributed by atoms with van der Waals surface area (Å²) in [6.45, 7) is 9.82. The summed E-state index contributed by atoms with van der Waals surface area (Å²) in [4.78, 5) is 4.12. The van der Waals surface area contributed by atoms with Crippen LogP contribution in [0.3, 0.4) is 0 Å². The molecule has 3 aromatic heterocycles. The van der Waals surface area contributed by atoms with Crippen molar-refractivity contribution in [2.75, 3.05) is 26.9 Å². The Balaban J connectivity index is 1.48. The molecular formula is C26H35FN6O2. The largest absolute Gasteiger partial charge is 0.479 e. The summed E-state index contributed by atoms with van der Waals surface area (Å²) in [6, 6.07) is 1.99. The molecule has 188 valence electrons. The first-order valence-electron chi connectivity index (χ1n) is 12.6. The number of piperidine rings is 1. The molecule has 0 bridgehead atoms. The van der Waals surface area contributed by atoms with Crippen molar-refractivity contribution in [3.05, 3.63) is 41.2 Å². The molecule has 8 nitrogen and oxygen atoms in total. The average Bonchev–Trinajstić information content (AvgIpc) is 3.28. The lowest BCUT2D eigenvalue weighted by atomic mass is 9.87. The minimum atomic E-state index is -0.508. The summed E-state index contributed by atoms with van der Waals surface area (Å²) in [7, 11) is 1.41.